The van der Waals surface area contributed by atoms with E-state index in [1.807, 2.05) is 4.90 Å². The van der Waals surface area contributed by atoms with Crippen LogP contribution in [-0.4, -0.2) is 90.9 Å². The summed E-state index contributed by atoms with van der Waals surface area (Å²) in [6.07, 6.45) is -0.306. The summed E-state index contributed by atoms with van der Waals surface area (Å²) >= 11 is 0. The van der Waals surface area contributed by atoms with Crippen molar-refractivity contribution in [1.82, 2.24) is 15.1 Å². The Balaban J connectivity index is 1.98. The second kappa shape index (κ2) is 8.40. The molecule has 0 aromatic rings. The first kappa shape index (κ1) is 19.8. The summed E-state index contributed by atoms with van der Waals surface area (Å²) in [6, 6.07) is 0. The summed E-state index contributed by atoms with van der Waals surface area (Å²) in [5.74, 6) is -1.67. The number of carbonyl (C=O) groups is 3. The Morgan fingerprint density at radius 3 is 2.75 bits per heavy atom. The van der Waals surface area contributed by atoms with E-state index in [2.05, 4.69) is 15.0 Å². The number of nitrogens with one attached hydrogen (secondary N) is 1. The predicted octanol–water partition coefficient (Wildman–Crippen LogP) is -1.05. The van der Waals surface area contributed by atoms with Gasteiger partial charge in [-0.15, -0.1) is 0 Å². The van der Waals surface area contributed by atoms with Crippen molar-refractivity contribution in [2.24, 2.45) is 4.99 Å². The normalized spacial score (nSPS) is 24.5. The SMILES string of the molecule is CCOC(=O)NC1=CC(N2CCOCC2)=CN2C(=O)C(O)C(C(=O)OC)=NC12. The lowest BCUT2D eigenvalue weighted by atomic mass is 10.1. The zero-order valence-corrected chi connectivity index (χ0v) is 15.6. The molecule has 11 nitrogen and oxygen atoms in total. The van der Waals surface area contributed by atoms with Gasteiger partial charge in [0.1, 0.15) is 0 Å². The average molecular weight is 394 g/mol. The van der Waals surface area contributed by atoms with Crippen LogP contribution in [0.25, 0.3) is 0 Å². The molecule has 3 rings (SSSR count). The van der Waals surface area contributed by atoms with Crippen LogP contribution in [0.5, 0.6) is 0 Å². The van der Waals surface area contributed by atoms with Crippen LogP contribution in [0, 0.1) is 0 Å². The molecule has 3 heterocycles. The van der Waals surface area contributed by atoms with Crippen molar-refractivity contribution >= 4 is 23.7 Å². The number of hydrogen-bond acceptors (Lipinski definition) is 9. The van der Waals surface area contributed by atoms with Crippen molar-refractivity contribution in [3.63, 3.8) is 0 Å². The van der Waals surface area contributed by atoms with Crippen LogP contribution in [0.4, 0.5) is 4.79 Å². The maximum atomic E-state index is 12.7. The van der Waals surface area contributed by atoms with Gasteiger partial charge >= 0.3 is 12.1 Å². The number of aliphatic hydroxyl groups excluding tert-OH is 1. The zero-order valence-electron chi connectivity index (χ0n) is 15.6. The maximum Gasteiger partial charge on any atom is 0.411 e. The molecule has 2 N–H and O–H groups in total. The number of amides is 2. The summed E-state index contributed by atoms with van der Waals surface area (Å²) in [7, 11) is 1.12. The zero-order chi connectivity index (χ0) is 20.3. The fourth-order valence-electron chi connectivity index (χ4n) is 3.06. The maximum absolute atomic E-state index is 12.7. The standard InChI is InChI=1S/C17H22N4O7/c1-3-28-17(25)18-11-8-10(20-4-6-27-7-5-20)9-21-14(11)19-12(16(24)26-2)13(22)15(21)23/h8-9,13-14,22H,3-7H2,1-2H3,(H,18,25). The molecule has 2 amide bonds. The molecule has 2 atom stereocenters. The highest BCUT2D eigenvalue weighted by atomic mass is 16.5. The van der Waals surface area contributed by atoms with Gasteiger partial charge in [0.2, 0.25) is 0 Å². The van der Waals surface area contributed by atoms with E-state index in [9.17, 15) is 19.5 Å². The Labute approximate surface area is 161 Å². The minimum atomic E-state index is -1.76. The van der Waals surface area contributed by atoms with Gasteiger partial charge in [-0.25, -0.2) is 14.6 Å². The van der Waals surface area contributed by atoms with Crippen LogP contribution in [0.15, 0.2) is 28.7 Å². The number of alkyl carbamates (subject to hydrolysis) is 1. The van der Waals surface area contributed by atoms with Crippen molar-refractivity contribution in [2.75, 3.05) is 40.0 Å². The van der Waals surface area contributed by atoms with E-state index in [-0.39, 0.29) is 12.3 Å². The third kappa shape index (κ3) is 3.85. The fraction of sp³-hybridized carbons (Fsp3) is 0.529. The van der Waals surface area contributed by atoms with Crippen LogP contribution in [0.2, 0.25) is 0 Å². The molecule has 3 aliphatic heterocycles. The first-order valence-electron chi connectivity index (χ1n) is 8.82. The van der Waals surface area contributed by atoms with Crippen LogP contribution < -0.4 is 5.32 Å². The third-order valence-electron chi connectivity index (χ3n) is 4.42. The topological polar surface area (TPSA) is 130 Å². The molecular formula is C17H22N4O7. The number of methoxy groups -OCH3 is 1. The summed E-state index contributed by atoms with van der Waals surface area (Å²) in [5.41, 5.74) is 0.459. The molecule has 1 saturated heterocycles. The molecule has 0 aromatic carbocycles. The monoisotopic (exact) mass is 394 g/mol. The summed E-state index contributed by atoms with van der Waals surface area (Å²) in [4.78, 5) is 43.9. The number of allylic oxidation sites excluding steroid dienone is 1. The summed E-state index contributed by atoms with van der Waals surface area (Å²) < 4.78 is 14.8. The third-order valence-corrected chi connectivity index (χ3v) is 4.42. The fourth-order valence-corrected chi connectivity index (χ4v) is 3.06. The van der Waals surface area contributed by atoms with Crippen molar-refractivity contribution < 1.29 is 33.7 Å². The molecule has 1 fully saturated rings. The minimum absolute atomic E-state index is 0.161. The first-order chi connectivity index (χ1) is 13.5. The van der Waals surface area contributed by atoms with Gasteiger partial charge in [0.25, 0.3) is 5.91 Å². The lowest BCUT2D eigenvalue weighted by molar-refractivity contribution is -0.140. The van der Waals surface area contributed by atoms with Crippen molar-refractivity contribution in [3.8, 4) is 0 Å². The van der Waals surface area contributed by atoms with E-state index >= 15 is 0 Å². The second-order valence-corrected chi connectivity index (χ2v) is 6.13. The largest absolute Gasteiger partial charge is 0.464 e. The Morgan fingerprint density at radius 2 is 2.11 bits per heavy atom. The van der Waals surface area contributed by atoms with E-state index in [0.29, 0.717) is 32.0 Å². The molecular weight excluding hydrogens is 372 g/mol. The Hall–Kier alpha value is -2.92. The number of nitrogens with zero attached hydrogens (tertiary/aromatic N) is 3. The molecule has 152 valence electrons. The number of fused-ring (bicyclic) bond motifs is 1. The molecule has 0 radical (unpaired) electrons. The van der Waals surface area contributed by atoms with Gasteiger partial charge < -0.3 is 24.2 Å². The molecule has 2 unspecified atom stereocenters. The van der Waals surface area contributed by atoms with Crippen molar-refractivity contribution in [1.29, 1.82) is 0 Å². The highest BCUT2D eigenvalue weighted by Gasteiger charge is 2.43. The molecule has 0 spiro atoms. The van der Waals surface area contributed by atoms with Gasteiger partial charge in [-0.3, -0.25) is 15.0 Å². The van der Waals surface area contributed by atoms with E-state index in [4.69, 9.17) is 9.47 Å². The summed E-state index contributed by atoms with van der Waals surface area (Å²) in [5, 5.41) is 12.8. The molecule has 3 aliphatic rings. The van der Waals surface area contributed by atoms with Gasteiger partial charge in [-0.05, 0) is 13.0 Å². The van der Waals surface area contributed by atoms with Crippen LogP contribution in [0.3, 0.4) is 0 Å². The molecule has 0 saturated carbocycles. The van der Waals surface area contributed by atoms with Crippen LogP contribution in [-0.2, 0) is 23.8 Å². The smallest absolute Gasteiger partial charge is 0.411 e. The number of aliphatic imine (C=N–C) groups is 1. The molecule has 0 aliphatic carbocycles. The minimum Gasteiger partial charge on any atom is -0.464 e. The van der Waals surface area contributed by atoms with Gasteiger partial charge in [0.05, 0.1) is 38.3 Å². The highest BCUT2D eigenvalue weighted by Crippen LogP contribution is 2.27. The molecule has 0 bridgehead atoms. The number of ether oxygens (including phenoxy) is 3. The van der Waals surface area contributed by atoms with E-state index in [1.165, 1.54) is 11.1 Å². The Kier molecular flexibility index (Phi) is 5.95. The van der Waals surface area contributed by atoms with Crippen molar-refractivity contribution in [2.45, 2.75) is 19.2 Å². The number of carbonyl (C=O) groups excluding carboxylic acids is 3. The number of morpholine rings is 1. The second-order valence-electron chi connectivity index (χ2n) is 6.13. The van der Waals surface area contributed by atoms with E-state index in [1.54, 1.807) is 13.0 Å². The number of hydrogen-bond donors (Lipinski definition) is 2. The van der Waals surface area contributed by atoms with E-state index in [0.717, 1.165) is 7.11 Å². The first-order valence-corrected chi connectivity index (χ1v) is 8.82. The number of esters is 1. The van der Waals surface area contributed by atoms with Crippen molar-refractivity contribution in [3.05, 3.63) is 23.7 Å². The highest BCUT2D eigenvalue weighted by molar-refractivity contribution is 6.42. The summed E-state index contributed by atoms with van der Waals surface area (Å²) in [6.45, 7) is 4.07. The van der Waals surface area contributed by atoms with Gasteiger partial charge in [-0.1, -0.05) is 0 Å². The Morgan fingerprint density at radius 1 is 1.39 bits per heavy atom. The average Bonchev–Trinajstić information content (AvgIpc) is 2.71. The predicted molar refractivity (Wildman–Crippen MR) is 94.8 cm³/mol. The quantitative estimate of drug-likeness (QED) is 0.578. The lowest BCUT2D eigenvalue weighted by Gasteiger charge is -2.39. The Bertz CT molecular complexity index is 755. The molecule has 0 aromatic heterocycles. The lowest BCUT2D eigenvalue weighted by Crippen LogP contribution is -2.56. The van der Waals surface area contributed by atoms with Gasteiger partial charge in [0, 0.05) is 19.3 Å². The van der Waals surface area contributed by atoms with Gasteiger partial charge in [0.15, 0.2) is 18.0 Å². The van der Waals surface area contributed by atoms with Crippen LogP contribution >= 0.6 is 0 Å². The number of aliphatic hydroxyl groups is 1. The van der Waals surface area contributed by atoms with E-state index < -0.39 is 36.0 Å². The van der Waals surface area contributed by atoms with Gasteiger partial charge in [-0.2, -0.15) is 0 Å². The van der Waals surface area contributed by atoms with Crippen LogP contribution in [0.1, 0.15) is 6.92 Å². The molecule has 28 heavy (non-hydrogen) atoms. The number of rotatable bonds is 4. The molecule has 11 heteroatoms.